The molecule has 6 atom stereocenters. The van der Waals surface area contributed by atoms with Gasteiger partial charge in [0, 0.05) is 42.9 Å². The van der Waals surface area contributed by atoms with Gasteiger partial charge in [-0.15, -0.1) is 0 Å². The van der Waals surface area contributed by atoms with Gasteiger partial charge in [0.2, 0.25) is 23.6 Å². The number of aromatic amines is 1. The summed E-state index contributed by atoms with van der Waals surface area (Å²) in [6.45, 7) is 12.5. The number of imide groups is 1. The molecule has 19 nitrogen and oxygen atoms in total. The Morgan fingerprint density at radius 2 is 1.47 bits per heavy atom. The molecule has 1 saturated heterocycles. The van der Waals surface area contributed by atoms with Crippen LogP contribution in [0.3, 0.4) is 0 Å². The van der Waals surface area contributed by atoms with E-state index in [1.807, 2.05) is 39.0 Å². The fraction of sp³-hybridized carbons (Fsp3) is 0.491. The second-order valence-electron chi connectivity index (χ2n) is 20.3. The third-order valence-electron chi connectivity index (χ3n) is 12.9. The minimum atomic E-state index is -1.71. The molecular weight excluding hydrogens is 947 g/mol. The Kier molecular flexibility index (Phi) is 21.1. The molecule has 8 amide bonds. The van der Waals surface area contributed by atoms with Gasteiger partial charge in [-0.2, -0.15) is 0 Å². The van der Waals surface area contributed by atoms with Crippen molar-refractivity contribution in [1.29, 1.82) is 0 Å². The van der Waals surface area contributed by atoms with Gasteiger partial charge in [0.15, 0.2) is 0 Å². The summed E-state index contributed by atoms with van der Waals surface area (Å²) in [5, 5.41) is 11.3. The summed E-state index contributed by atoms with van der Waals surface area (Å²) in [5.74, 6) is -4.83. The first-order valence-corrected chi connectivity index (χ1v) is 25.6. The number of hydrazine groups is 1. The Balaban J connectivity index is 1.56. The van der Waals surface area contributed by atoms with Gasteiger partial charge in [-0.3, -0.25) is 28.8 Å². The number of primary amides is 1. The number of H-pyrrole nitrogens is 1. The normalized spacial score (nSPS) is 15.6. The van der Waals surface area contributed by atoms with Gasteiger partial charge >= 0.3 is 12.2 Å². The van der Waals surface area contributed by atoms with Crippen LogP contribution in [-0.2, 0) is 57.7 Å². The van der Waals surface area contributed by atoms with E-state index in [9.17, 15) is 28.8 Å². The summed E-state index contributed by atoms with van der Waals surface area (Å²) in [6, 6.07) is 17.9. The van der Waals surface area contributed by atoms with E-state index in [1.54, 1.807) is 101 Å². The van der Waals surface area contributed by atoms with Crippen LogP contribution in [0.5, 0.6) is 0 Å². The zero-order chi connectivity index (χ0) is 54.1. The lowest BCUT2D eigenvalue weighted by molar-refractivity contribution is -0.171. The highest BCUT2D eigenvalue weighted by atomic mass is 16.6. The number of fused-ring (bicyclic) bond motifs is 1. The summed E-state index contributed by atoms with van der Waals surface area (Å²) < 4.78 is 11.4. The van der Waals surface area contributed by atoms with Crippen LogP contribution in [0.2, 0.25) is 0 Å². The molecule has 0 unspecified atom stereocenters. The lowest BCUT2D eigenvalue weighted by Crippen LogP contribution is -2.62. The van der Waals surface area contributed by atoms with Crippen molar-refractivity contribution in [2.75, 3.05) is 13.1 Å². The smallest absolute Gasteiger partial charge is 0.417 e. The summed E-state index contributed by atoms with van der Waals surface area (Å²) in [5.41, 5.74) is 13.3. The highest BCUT2D eigenvalue weighted by Crippen LogP contribution is 2.26. The number of aromatic nitrogens is 1. The van der Waals surface area contributed by atoms with Crippen molar-refractivity contribution in [3.8, 4) is 0 Å². The van der Waals surface area contributed by atoms with Crippen molar-refractivity contribution in [1.82, 2.24) is 35.9 Å². The molecule has 8 N–H and O–H groups in total. The van der Waals surface area contributed by atoms with Crippen molar-refractivity contribution in [3.05, 3.63) is 108 Å². The largest absolute Gasteiger partial charge is 0.444 e. The predicted octanol–water partition coefficient (Wildman–Crippen LogP) is 5.79. The molecule has 0 spiro atoms. The molecule has 0 aliphatic carbocycles. The number of nitrogens with zero attached hydrogens (tertiary/aromatic N) is 3. The first-order valence-electron chi connectivity index (χ1n) is 25.6. The van der Waals surface area contributed by atoms with Crippen LogP contribution < -0.4 is 27.4 Å². The zero-order valence-corrected chi connectivity index (χ0v) is 43.8. The number of benzene rings is 3. The van der Waals surface area contributed by atoms with E-state index in [4.69, 9.17) is 20.9 Å². The minimum Gasteiger partial charge on any atom is -0.444 e. The molecule has 0 radical (unpaired) electrons. The van der Waals surface area contributed by atoms with Crippen LogP contribution in [0.25, 0.3) is 10.9 Å². The number of unbranched alkanes of at least 4 members (excludes halogenated alkanes) is 1. The molecule has 74 heavy (non-hydrogen) atoms. The summed E-state index contributed by atoms with van der Waals surface area (Å²) in [6.07, 6.45) is 1.02. The van der Waals surface area contributed by atoms with Crippen LogP contribution >= 0.6 is 0 Å². The maximum atomic E-state index is 15.4. The standard InChI is InChI=1S/C55H75N9O10/c1-8-36(4)47(48(57)66)64(46(65)27-26-35(2)3)62-30-28-43(51(62)69)59-49(67)44(31-37-19-11-9-12-20-37)60-50(68)45(32-39-33-58-41-24-16-15-23-40(39)41)63(54(72)73-34-38-21-13-10-14-22-38)52(70)42(25-17-18-29-56)61-53(71)74-55(5,6)7/h9-16,19-24,33,35-36,42-45,47,58H,8,17-18,25-32,34,56H2,1-7H3,(H2,57,66)(H,59,67)(H,60,68)(H,61,71)/t36-,42-,43-,44+,45+,47-/m0/s1. The zero-order valence-electron chi connectivity index (χ0n) is 43.8. The molecule has 400 valence electrons. The summed E-state index contributed by atoms with van der Waals surface area (Å²) in [4.78, 5) is 119. The highest BCUT2D eigenvalue weighted by Gasteiger charge is 2.46. The van der Waals surface area contributed by atoms with E-state index in [0.717, 1.165) is 5.01 Å². The van der Waals surface area contributed by atoms with E-state index >= 15 is 9.59 Å². The fourth-order valence-electron chi connectivity index (χ4n) is 8.78. The lowest BCUT2D eigenvalue weighted by atomic mass is 9.97. The van der Waals surface area contributed by atoms with Crippen LogP contribution in [0, 0.1) is 11.8 Å². The fourth-order valence-corrected chi connectivity index (χ4v) is 8.78. The van der Waals surface area contributed by atoms with E-state index in [1.165, 1.54) is 5.01 Å². The molecule has 1 aromatic heterocycles. The van der Waals surface area contributed by atoms with E-state index in [2.05, 4.69) is 20.9 Å². The van der Waals surface area contributed by atoms with Gasteiger partial charge < -0.3 is 41.9 Å². The maximum absolute atomic E-state index is 15.4. The molecule has 4 aromatic rings. The van der Waals surface area contributed by atoms with Crippen LogP contribution in [-0.4, -0.2) is 116 Å². The molecule has 2 heterocycles. The van der Waals surface area contributed by atoms with Gasteiger partial charge in [0.1, 0.15) is 42.4 Å². The molecule has 19 heteroatoms. The Bertz CT molecular complexity index is 2550. The number of alkyl carbamates (subject to hydrolysis) is 1. The number of nitrogens with one attached hydrogen (secondary N) is 4. The second kappa shape index (κ2) is 27.1. The quantitative estimate of drug-likeness (QED) is 0.0433. The molecule has 3 aromatic carbocycles. The van der Waals surface area contributed by atoms with Crippen molar-refractivity contribution in [3.63, 3.8) is 0 Å². The van der Waals surface area contributed by atoms with E-state index < -0.39 is 89.4 Å². The number of hydrogen-bond acceptors (Lipinski definition) is 11. The van der Waals surface area contributed by atoms with E-state index in [0.29, 0.717) is 58.2 Å². The van der Waals surface area contributed by atoms with Crippen LogP contribution in [0.4, 0.5) is 9.59 Å². The van der Waals surface area contributed by atoms with Gasteiger partial charge in [-0.25, -0.2) is 24.5 Å². The minimum absolute atomic E-state index is 0.00291. The number of rotatable bonds is 25. The molecule has 1 aliphatic rings. The van der Waals surface area contributed by atoms with Crippen molar-refractivity contribution in [2.24, 2.45) is 23.3 Å². The Hall–Kier alpha value is -7.28. The van der Waals surface area contributed by atoms with E-state index in [-0.39, 0.29) is 57.7 Å². The Morgan fingerprint density at radius 3 is 2.09 bits per heavy atom. The van der Waals surface area contributed by atoms with Crippen molar-refractivity contribution in [2.45, 2.75) is 149 Å². The monoisotopic (exact) mass is 1020 g/mol. The molecular formula is C55H75N9O10. The molecule has 0 bridgehead atoms. The highest BCUT2D eigenvalue weighted by molar-refractivity contribution is 6.02. The number of hydrogen-bond donors (Lipinski definition) is 6. The first kappa shape index (κ1) is 57.6. The van der Waals surface area contributed by atoms with Crippen LogP contribution in [0.1, 0.15) is 110 Å². The number of nitrogens with two attached hydrogens (primary N) is 2. The molecule has 0 saturated carbocycles. The number of carbonyl (C=O) groups is 8. The average Bonchev–Trinajstić information content (AvgIpc) is 3.94. The van der Waals surface area contributed by atoms with Crippen LogP contribution in [0.15, 0.2) is 91.1 Å². The van der Waals surface area contributed by atoms with Gasteiger partial charge in [-0.1, -0.05) is 113 Å². The molecule has 1 fully saturated rings. The van der Waals surface area contributed by atoms with Gasteiger partial charge in [0.25, 0.3) is 11.8 Å². The number of amides is 8. The first-order chi connectivity index (χ1) is 35.2. The lowest BCUT2D eigenvalue weighted by Gasteiger charge is -2.39. The Labute approximate surface area is 433 Å². The Morgan fingerprint density at radius 1 is 0.824 bits per heavy atom. The van der Waals surface area contributed by atoms with Crippen molar-refractivity contribution < 1.29 is 47.8 Å². The van der Waals surface area contributed by atoms with Gasteiger partial charge in [0.05, 0.1) is 0 Å². The molecule has 5 rings (SSSR count). The van der Waals surface area contributed by atoms with Gasteiger partial charge in [-0.05, 0) is 94.0 Å². The third kappa shape index (κ3) is 16.1. The third-order valence-corrected chi connectivity index (χ3v) is 12.9. The maximum Gasteiger partial charge on any atom is 0.417 e. The predicted molar refractivity (Wildman–Crippen MR) is 279 cm³/mol. The average molecular weight is 1020 g/mol. The summed E-state index contributed by atoms with van der Waals surface area (Å²) >= 11 is 0. The number of ether oxygens (including phenoxy) is 2. The topological polar surface area (TPSA) is 269 Å². The summed E-state index contributed by atoms with van der Waals surface area (Å²) in [7, 11) is 0. The second-order valence-corrected chi connectivity index (χ2v) is 20.3. The SMILES string of the molecule is CC[C@H](C)[C@@H](C(N)=O)N(C(=O)CCC(C)C)N1CC[C@H](NC(=O)[C@@H](Cc2ccccc2)NC(=O)[C@@H](Cc2c[nH]c3ccccc23)N(C(=O)OCc2ccccc2)C(=O)[C@H](CCCCN)NC(=O)OC(C)(C)C)C1=O. The number of carbonyl (C=O) groups excluding carboxylic acids is 8. The van der Waals surface area contributed by atoms with Crippen molar-refractivity contribution >= 4 is 58.5 Å². The number of para-hydroxylation sites is 1. The molecule has 1 aliphatic heterocycles.